The zero-order valence-corrected chi connectivity index (χ0v) is 13.3. The lowest BCUT2D eigenvalue weighted by Gasteiger charge is -2.34. The normalized spacial score (nSPS) is 19.0. The Morgan fingerprint density at radius 3 is 2.30 bits per heavy atom. The summed E-state index contributed by atoms with van der Waals surface area (Å²) in [7, 11) is 3.17. The van der Waals surface area contributed by atoms with E-state index in [9.17, 15) is 5.26 Å². The smallest absolute Gasteiger partial charge is 0.245 e. The van der Waals surface area contributed by atoms with Gasteiger partial charge < -0.3 is 14.2 Å². The summed E-state index contributed by atoms with van der Waals surface area (Å²) >= 11 is 0. The molecule has 3 rings (SSSR count). The van der Waals surface area contributed by atoms with E-state index in [2.05, 4.69) is 6.07 Å². The maximum atomic E-state index is 9.98. The molecular formula is C19H17NO3. The Labute approximate surface area is 135 Å². The van der Waals surface area contributed by atoms with Crippen molar-refractivity contribution >= 4 is 6.08 Å². The molecule has 4 nitrogen and oxygen atoms in total. The van der Waals surface area contributed by atoms with E-state index in [1.807, 2.05) is 55.5 Å². The van der Waals surface area contributed by atoms with Crippen LogP contribution in [0.2, 0.25) is 0 Å². The summed E-state index contributed by atoms with van der Waals surface area (Å²) in [5, 5.41) is 9.98. The number of nitrogens with zero attached hydrogens (tertiary/aromatic N) is 1. The van der Waals surface area contributed by atoms with Crippen LogP contribution in [0, 0.1) is 11.3 Å². The molecule has 1 unspecified atom stereocenters. The van der Waals surface area contributed by atoms with Gasteiger partial charge in [0.15, 0.2) is 11.5 Å². The lowest BCUT2D eigenvalue weighted by atomic mass is 9.82. The van der Waals surface area contributed by atoms with Gasteiger partial charge >= 0.3 is 0 Å². The highest BCUT2D eigenvalue weighted by Crippen LogP contribution is 2.45. The molecule has 0 radical (unpaired) electrons. The molecule has 116 valence electrons. The van der Waals surface area contributed by atoms with Crippen LogP contribution in [-0.4, -0.2) is 14.2 Å². The minimum absolute atomic E-state index is 0.568. The minimum atomic E-state index is -1.20. The van der Waals surface area contributed by atoms with Crippen LogP contribution in [0.25, 0.3) is 6.08 Å². The van der Waals surface area contributed by atoms with E-state index in [4.69, 9.17) is 14.2 Å². The van der Waals surface area contributed by atoms with E-state index in [0.29, 0.717) is 17.3 Å². The molecule has 0 aromatic heterocycles. The lowest BCUT2D eigenvalue weighted by molar-refractivity contribution is 0.0845. The third-order valence-electron chi connectivity index (χ3n) is 3.95. The van der Waals surface area contributed by atoms with Crippen molar-refractivity contribution < 1.29 is 14.2 Å². The second kappa shape index (κ2) is 5.69. The summed E-state index contributed by atoms with van der Waals surface area (Å²) in [4.78, 5) is 0. The second-order valence-electron chi connectivity index (χ2n) is 5.31. The number of hydrogen-bond donors (Lipinski definition) is 0. The lowest BCUT2D eigenvalue weighted by Crippen LogP contribution is -2.32. The summed E-state index contributed by atoms with van der Waals surface area (Å²) in [5.41, 5.74) is 1.21. The molecule has 0 fully saturated rings. The van der Waals surface area contributed by atoms with Crippen LogP contribution in [-0.2, 0) is 10.3 Å². The molecule has 0 amide bonds. The molecule has 0 saturated carbocycles. The molecular weight excluding hydrogens is 290 g/mol. The monoisotopic (exact) mass is 307 g/mol. The largest absolute Gasteiger partial charge is 0.493 e. The zero-order chi connectivity index (χ0) is 16.4. The molecule has 0 aliphatic carbocycles. The number of allylic oxidation sites excluding steroid dienone is 1. The van der Waals surface area contributed by atoms with Crippen LogP contribution < -0.4 is 9.47 Å². The van der Waals surface area contributed by atoms with Gasteiger partial charge in [0, 0.05) is 11.1 Å². The average Bonchev–Trinajstić information content (AvgIpc) is 2.60. The average molecular weight is 307 g/mol. The first-order valence-corrected chi connectivity index (χ1v) is 7.25. The van der Waals surface area contributed by atoms with Crippen molar-refractivity contribution in [3.63, 3.8) is 0 Å². The Balaban J connectivity index is 2.31. The van der Waals surface area contributed by atoms with Gasteiger partial charge in [-0.15, -0.1) is 0 Å². The van der Waals surface area contributed by atoms with Crippen LogP contribution >= 0.6 is 0 Å². The molecule has 0 N–H and O–H groups in total. The number of rotatable bonds is 3. The van der Waals surface area contributed by atoms with Crippen LogP contribution in [0.4, 0.5) is 0 Å². The van der Waals surface area contributed by atoms with Crippen molar-refractivity contribution in [1.29, 1.82) is 5.26 Å². The van der Waals surface area contributed by atoms with Gasteiger partial charge in [0.25, 0.3) is 0 Å². The molecule has 1 aliphatic heterocycles. The maximum Gasteiger partial charge on any atom is 0.245 e. The third kappa shape index (κ3) is 2.31. The molecule has 0 saturated heterocycles. The van der Waals surface area contributed by atoms with Crippen LogP contribution in [0.3, 0.4) is 0 Å². The van der Waals surface area contributed by atoms with Crippen molar-refractivity contribution in [1.82, 2.24) is 0 Å². The fourth-order valence-corrected chi connectivity index (χ4v) is 2.90. The van der Waals surface area contributed by atoms with Gasteiger partial charge in [0.2, 0.25) is 5.60 Å². The first-order chi connectivity index (χ1) is 11.1. The first kappa shape index (κ1) is 15.0. The molecule has 2 aromatic carbocycles. The van der Waals surface area contributed by atoms with E-state index < -0.39 is 5.60 Å². The molecule has 23 heavy (non-hydrogen) atoms. The summed E-state index contributed by atoms with van der Waals surface area (Å²) in [6.07, 6.45) is 1.90. The topological polar surface area (TPSA) is 51.5 Å². The summed E-state index contributed by atoms with van der Waals surface area (Å²) in [6.45, 7) is 1.84. The SMILES string of the molecule is COc1cc2c(cc1OC)C(C#N)(c1ccccc1)OC(C)=C2. The Hall–Kier alpha value is -2.93. The number of hydrogen-bond acceptors (Lipinski definition) is 4. The van der Waals surface area contributed by atoms with E-state index in [1.165, 1.54) is 0 Å². The van der Waals surface area contributed by atoms with Gasteiger partial charge in [0.1, 0.15) is 6.07 Å². The number of benzene rings is 2. The predicted octanol–water partition coefficient (Wildman–Crippen LogP) is 3.86. The number of nitriles is 1. The van der Waals surface area contributed by atoms with Crippen molar-refractivity contribution in [2.45, 2.75) is 12.5 Å². The molecule has 1 heterocycles. The Morgan fingerprint density at radius 2 is 1.70 bits per heavy atom. The van der Waals surface area contributed by atoms with E-state index in [-0.39, 0.29) is 0 Å². The fraction of sp³-hybridized carbons (Fsp3) is 0.211. The van der Waals surface area contributed by atoms with Crippen molar-refractivity contribution in [3.8, 4) is 17.6 Å². The second-order valence-corrected chi connectivity index (χ2v) is 5.31. The van der Waals surface area contributed by atoms with E-state index >= 15 is 0 Å². The standard InChI is InChI=1S/C19H17NO3/c1-13-9-14-10-17(21-2)18(22-3)11-16(14)19(12-20,23-13)15-7-5-4-6-8-15/h4-11H,1-3H3. The van der Waals surface area contributed by atoms with Crippen LogP contribution in [0.5, 0.6) is 11.5 Å². The summed E-state index contributed by atoms with van der Waals surface area (Å²) < 4.78 is 16.8. The molecule has 1 atom stereocenters. The van der Waals surface area contributed by atoms with Gasteiger partial charge in [-0.3, -0.25) is 0 Å². The van der Waals surface area contributed by atoms with E-state index in [0.717, 1.165) is 16.7 Å². The van der Waals surface area contributed by atoms with Crippen LogP contribution in [0.1, 0.15) is 23.6 Å². The van der Waals surface area contributed by atoms with Crippen molar-refractivity contribution in [2.24, 2.45) is 0 Å². The fourth-order valence-electron chi connectivity index (χ4n) is 2.90. The molecule has 2 aromatic rings. The minimum Gasteiger partial charge on any atom is -0.493 e. The highest BCUT2D eigenvalue weighted by atomic mass is 16.5. The summed E-state index contributed by atoms with van der Waals surface area (Å²) in [6, 6.07) is 15.5. The van der Waals surface area contributed by atoms with Gasteiger partial charge in [-0.2, -0.15) is 5.26 Å². The maximum absolute atomic E-state index is 9.98. The van der Waals surface area contributed by atoms with Crippen LogP contribution in [0.15, 0.2) is 48.2 Å². The van der Waals surface area contributed by atoms with Gasteiger partial charge in [-0.05, 0) is 30.7 Å². The Bertz CT molecular complexity index is 805. The predicted molar refractivity (Wildman–Crippen MR) is 87.1 cm³/mol. The van der Waals surface area contributed by atoms with E-state index in [1.54, 1.807) is 14.2 Å². The third-order valence-corrected chi connectivity index (χ3v) is 3.95. The Kier molecular flexibility index (Phi) is 3.71. The van der Waals surface area contributed by atoms with Gasteiger partial charge in [-0.25, -0.2) is 0 Å². The molecule has 1 aliphatic rings. The highest BCUT2D eigenvalue weighted by Gasteiger charge is 2.41. The molecule has 4 heteroatoms. The number of methoxy groups -OCH3 is 2. The van der Waals surface area contributed by atoms with Crippen molar-refractivity contribution in [2.75, 3.05) is 14.2 Å². The van der Waals surface area contributed by atoms with Gasteiger partial charge in [-0.1, -0.05) is 30.3 Å². The number of ether oxygens (including phenoxy) is 3. The first-order valence-electron chi connectivity index (χ1n) is 7.25. The Morgan fingerprint density at radius 1 is 1.04 bits per heavy atom. The molecule has 0 spiro atoms. The highest BCUT2D eigenvalue weighted by molar-refractivity contribution is 5.67. The summed E-state index contributed by atoms with van der Waals surface area (Å²) in [5.74, 6) is 1.87. The quantitative estimate of drug-likeness (QED) is 0.864. The van der Waals surface area contributed by atoms with Gasteiger partial charge in [0.05, 0.1) is 20.0 Å². The van der Waals surface area contributed by atoms with Crippen molar-refractivity contribution in [3.05, 3.63) is 64.9 Å². The zero-order valence-electron chi connectivity index (χ0n) is 13.3. The number of fused-ring (bicyclic) bond motifs is 1. The molecule has 0 bridgehead atoms.